The van der Waals surface area contributed by atoms with Crippen LogP contribution in [0.3, 0.4) is 0 Å². The summed E-state index contributed by atoms with van der Waals surface area (Å²) in [6, 6.07) is 14.4. The number of aromatic nitrogens is 1. The van der Waals surface area contributed by atoms with Crippen LogP contribution in [-0.2, 0) is 13.0 Å². The normalized spacial score (nSPS) is 15.7. The van der Waals surface area contributed by atoms with Crippen molar-refractivity contribution in [2.75, 3.05) is 6.79 Å². The van der Waals surface area contributed by atoms with Gasteiger partial charge in [-0.3, -0.25) is 19.0 Å². The van der Waals surface area contributed by atoms with Crippen LogP contribution in [0.25, 0.3) is 5.69 Å². The third-order valence-electron chi connectivity index (χ3n) is 6.32. The van der Waals surface area contributed by atoms with Crippen molar-refractivity contribution in [2.24, 2.45) is 5.41 Å². The van der Waals surface area contributed by atoms with Crippen LogP contribution in [-0.4, -0.2) is 23.1 Å². The van der Waals surface area contributed by atoms with Gasteiger partial charge in [0.15, 0.2) is 17.3 Å². The monoisotopic (exact) mass is 458 g/mol. The van der Waals surface area contributed by atoms with Crippen LogP contribution >= 0.6 is 0 Å². The fraction of sp³-hybridized carbons (Fsp3) is 0.296. The van der Waals surface area contributed by atoms with E-state index in [4.69, 9.17) is 9.47 Å². The van der Waals surface area contributed by atoms with E-state index in [1.54, 1.807) is 12.1 Å². The van der Waals surface area contributed by atoms with Crippen molar-refractivity contribution in [2.45, 2.75) is 40.2 Å². The van der Waals surface area contributed by atoms with Crippen LogP contribution < -0.4 is 20.3 Å². The number of Topliss-reactive ketones (excluding diaryl/α,β-unsaturated/α-hetero) is 1. The molecule has 1 aliphatic carbocycles. The van der Waals surface area contributed by atoms with Gasteiger partial charge in [-0.1, -0.05) is 37.6 Å². The first kappa shape index (κ1) is 21.9. The Bertz CT molecular complexity index is 1370. The molecule has 7 heteroatoms. The Labute approximate surface area is 197 Å². The van der Waals surface area contributed by atoms with E-state index in [1.165, 1.54) is 10.6 Å². The van der Waals surface area contributed by atoms with Crippen molar-refractivity contribution >= 4 is 11.7 Å². The number of rotatable bonds is 4. The summed E-state index contributed by atoms with van der Waals surface area (Å²) in [6.07, 6.45) is 0.931. The number of nitrogens with one attached hydrogen (secondary N) is 1. The van der Waals surface area contributed by atoms with Gasteiger partial charge >= 0.3 is 0 Å². The molecule has 1 aliphatic heterocycles. The fourth-order valence-corrected chi connectivity index (χ4v) is 4.57. The second kappa shape index (κ2) is 8.17. The van der Waals surface area contributed by atoms with Crippen LogP contribution in [0.4, 0.5) is 0 Å². The van der Waals surface area contributed by atoms with Crippen molar-refractivity contribution in [1.82, 2.24) is 9.88 Å². The topological polar surface area (TPSA) is 86.6 Å². The molecule has 2 aromatic carbocycles. The highest BCUT2D eigenvalue weighted by Crippen LogP contribution is 2.35. The predicted octanol–water partition coefficient (Wildman–Crippen LogP) is 3.96. The number of aryl methyl sites for hydroxylation is 1. The molecular formula is C27H26N2O5. The predicted molar refractivity (Wildman–Crippen MR) is 127 cm³/mol. The Morgan fingerprint density at radius 3 is 2.50 bits per heavy atom. The molecule has 0 saturated carbocycles. The summed E-state index contributed by atoms with van der Waals surface area (Å²) in [7, 11) is 0. The minimum atomic E-state index is -0.524. The number of ether oxygens (including phenoxy) is 2. The lowest BCUT2D eigenvalue weighted by Gasteiger charge is -2.32. The number of benzene rings is 2. The number of carbonyl (C=O) groups is 2. The second-order valence-corrected chi connectivity index (χ2v) is 9.71. The Hall–Kier alpha value is -3.87. The smallest absolute Gasteiger partial charge is 0.268 e. The first-order valence-electron chi connectivity index (χ1n) is 11.3. The van der Waals surface area contributed by atoms with E-state index in [9.17, 15) is 14.4 Å². The summed E-state index contributed by atoms with van der Waals surface area (Å²) in [5, 5.41) is 2.81. The minimum Gasteiger partial charge on any atom is -0.454 e. The van der Waals surface area contributed by atoms with Crippen LogP contribution in [0.1, 0.15) is 57.8 Å². The molecule has 0 atom stereocenters. The van der Waals surface area contributed by atoms with Crippen LogP contribution in [0, 0.1) is 12.3 Å². The van der Waals surface area contributed by atoms with E-state index in [-0.39, 0.29) is 30.1 Å². The van der Waals surface area contributed by atoms with Gasteiger partial charge in [0, 0.05) is 29.9 Å². The number of fused-ring (bicyclic) bond motifs is 2. The van der Waals surface area contributed by atoms with E-state index in [1.807, 2.05) is 51.1 Å². The number of hydrogen-bond acceptors (Lipinski definition) is 5. The third kappa shape index (κ3) is 3.98. The number of amides is 1. The molecule has 0 saturated heterocycles. The number of nitrogens with zero attached hydrogens (tertiary/aromatic N) is 1. The van der Waals surface area contributed by atoms with Gasteiger partial charge in [0.2, 0.25) is 6.79 Å². The zero-order chi connectivity index (χ0) is 24.0. The summed E-state index contributed by atoms with van der Waals surface area (Å²) >= 11 is 0. The fourth-order valence-electron chi connectivity index (χ4n) is 4.57. The molecule has 1 N–H and O–H groups in total. The molecule has 1 amide bonds. The van der Waals surface area contributed by atoms with Crippen molar-refractivity contribution in [3.63, 3.8) is 0 Å². The molecule has 1 aromatic heterocycles. The van der Waals surface area contributed by atoms with Gasteiger partial charge in [-0.25, -0.2) is 0 Å². The van der Waals surface area contributed by atoms with Crippen LogP contribution in [0.15, 0.2) is 53.3 Å². The first-order chi connectivity index (χ1) is 16.2. The number of hydrogen-bond donors (Lipinski definition) is 1. The van der Waals surface area contributed by atoms with E-state index in [0.29, 0.717) is 41.3 Å². The Morgan fingerprint density at radius 1 is 1.00 bits per heavy atom. The van der Waals surface area contributed by atoms with Crippen molar-refractivity contribution in [1.29, 1.82) is 0 Å². The summed E-state index contributed by atoms with van der Waals surface area (Å²) in [4.78, 5) is 39.8. The second-order valence-electron chi connectivity index (χ2n) is 9.71. The van der Waals surface area contributed by atoms with E-state index in [0.717, 1.165) is 11.1 Å². The summed E-state index contributed by atoms with van der Waals surface area (Å²) in [6.45, 7) is 6.38. The van der Waals surface area contributed by atoms with Gasteiger partial charge in [0.1, 0.15) is 5.56 Å². The summed E-state index contributed by atoms with van der Waals surface area (Å²) < 4.78 is 12.2. The maximum absolute atomic E-state index is 13.6. The zero-order valence-corrected chi connectivity index (χ0v) is 19.4. The average molecular weight is 459 g/mol. The highest BCUT2D eigenvalue weighted by atomic mass is 16.7. The largest absolute Gasteiger partial charge is 0.454 e. The quantitative estimate of drug-likeness (QED) is 0.640. The van der Waals surface area contributed by atoms with E-state index in [2.05, 4.69) is 5.32 Å². The Morgan fingerprint density at radius 2 is 1.74 bits per heavy atom. The molecule has 0 unspecified atom stereocenters. The molecular weight excluding hydrogens is 432 g/mol. The third-order valence-corrected chi connectivity index (χ3v) is 6.32. The standard InChI is InChI=1S/C27H26N2O5/c1-16-4-7-18(8-5-16)29-21-12-27(2,3)13-22(30)19(21)11-20(26(29)32)25(31)28-14-17-6-9-23-24(10-17)34-15-33-23/h4-11H,12-15H2,1-3H3,(H,28,31). The SMILES string of the molecule is Cc1ccc(-n2c3c(cc(C(=O)NCc4ccc5c(c4)OCO5)c2=O)C(=O)CC(C)(C)C3)cc1. The average Bonchev–Trinajstić information content (AvgIpc) is 3.25. The summed E-state index contributed by atoms with van der Waals surface area (Å²) in [5.41, 5.74) is 2.85. The van der Waals surface area contributed by atoms with Gasteiger partial charge in [0.25, 0.3) is 11.5 Å². The Kier molecular flexibility index (Phi) is 5.27. The van der Waals surface area contributed by atoms with E-state index >= 15 is 0 Å². The van der Waals surface area contributed by atoms with Gasteiger partial charge < -0.3 is 14.8 Å². The zero-order valence-electron chi connectivity index (χ0n) is 19.4. The lowest BCUT2D eigenvalue weighted by Crippen LogP contribution is -2.38. The molecule has 7 nitrogen and oxygen atoms in total. The molecule has 174 valence electrons. The molecule has 5 rings (SSSR count). The van der Waals surface area contributed by atoms with Crippen molar-refractivity contribution in [3.05, 3.63) is 86.8 Å². The van der Waals surface area contributed by atoms with Crippen LogP contribution in [0.2, 0.25) is 0 Å². The number of carbonyl (C=O) groups excluding carboxylic acids is 2. The number of ketones is 1. The molecule has 0 spiro atoms. The summed E-state index contributed by atoms with van der Waals surface area (Å²) in [5.74, 6) is 0.698. The molecule has 0 fully saturated rings. The van der Waals surface area contributed by atoms with Gasteiger partial charge in [-0.15, -0.1) is 0 Å². The lowest BCUT2D eigenvalue weighted by atomic mass is 9.75. The number of pyridine rings is 1. The van der Waals surface area contributed by atoms with Crippen molar-refractivity contribution < 1.29 is 19.1 Å². The lowest BCUT2D eigenvalue weighted by molar-refractivity contribution is 0.0908. The minimum absolute atomic E-state index is 0.0480. The maximum atomic E-state index is 13.6. The van der Waals surface area contributed by atoms with Gasteiger partial charge in [0.05, 0.1) is 0 Å². The highest BCUT2D eigenvalue weighted by molar-refractivity contribution is 6.02. The first-order valence-corrected chi connectivity index (χ1v) is 11.3. The van der Waals surface area contributed by atoms with Crippen molar-refractivity contribution in [3.8, 4) is 17.2 Å². The molecule has 0 radical (unpaired) electrons. The highest BCUT2D eigenvalue weighted by Gasteiger charge is 2.35. The maximum Gasteiger partial charge on any atom is 0.268 e. The van der Waals surface area contributed by atoms with Gasteiger partial charge in [-0.05, 0) is 54.7 Å². The van der Waals surface area contributed by atoms with Crippen LogP contribution in [0.5, 0.6) is 11.5 Å². The van der Waals surface area contributed by atoms with E-state index < -0.39 is 11.5 Å². The molecule has 2 aliphatic rings. The molecule has 3 aromatic rings. The Balaban J connectivity index is 1.53. The molecule has 0 bridgehead atoms. The van der Waals surface area contributed by atoms with Gasteiger partial charge in [-0.2, -0.15) is 0 Å². The molecule has 2 heterocycles. The molecule has 34 heavy (non-hydrogen) atoms.